The van der Waals surface area contributed by atoms with Crippen LogP contribution in [0.2, 0.25) is 0 Å². The lowest BCUT2D eigenvalue weighted by Crippen LogP contribution is -2.42. The second-order valence-corrected chi connectivity index (χ2v) is 5.41. The first kappa shape index (κ1) is 17.5. The highest BCUT2D eigenvalue weighted by Gasteiger charge is 2.24. The lowest BCUT2D eigenvalue weighted by molar-refractivity contribution is -0.147. The largest absolute Gasteiger partial charge is 0.465 e. The number of carboxylic acid groups (broad SMARTS) is 1. The SMILES string of the molecule is O=C(O)N[C@@H]1C/C=C/CCC(=O)N[C@H](c2ccccc2)COC1=O. The minimum absolute atomic E-state index is 0.0594. The molecule has 0 aliphatic carbocycles. The number of allylic oxidation sites excluding steroid dienone is 1. The van der Waals surface area contributed by atoms with E-state index < -0.39 is 24.1 Å². The maximum Gasteiger partial charge on any atom is 0.405 e. The molecule has 0 fully saturated rings. The van der Waals surface area contributed by atoms with Crippen LogP contribution >= 0.6 is 0 Å². The Kier molecular flexibility index (Phi) is 6.36. The van der Waals surface area contributed by atoms with Crippen molar-refractivity contribution in [3.05, 3.63) is 48.0 Å². The van der Waals surface area contributed by atoms with E-state index in [1.54, 1.807) is 12.2 Å². The quantitative estimate of drug-likeness (QED) is 0.565. The minimum atomic E-state index is -1.29. The van der Waals surface area contributed by atoms with Crippen molar-refractivity contribution in [2.45, 2.75) is 31.3 Å². The lowest BCUT2D eigenvalue weighted by Gasteiger charge is -2.21. The molecule has 0 aromatic heterocycles. The minimum Gasteiger partial charge on any atom is -0.465 e. The fraction of sp³-hybridized carbons (Fsp3) is 0.353. The normalized spacial score (nSPS) is 23.8. The number of hydrogen-bond acceptors (Lipinski definition) is 4. The Morgan fingerprint density at radius 2 is 1.96 bits per heavy atom. The van der Waals surface area contributed by atoms with Gasteiger partial charge in [0.25, 0.3) is 0 Å². The molecule has 0 saturated carbocycles. The third-order valence-electron chi connectivity index (χ3n) is 3.59. The predicted molar refractivity (Wildman–Crippen MR) is 86.2 cm³/mol. The monoisotopic (exact) mass is 332 g/mol. The zero-order chi connectivity index (χ0) is 17.4. The molecule has 0 saturated heterocycles. The van der Waals surface area contributed by atoms with Crippen LogP contribution in [0.1, 0.15) is 30.9 Å². The predicted octanol–water partition coefficient (Wildman–Crippen LogP) is 1.76. The molecule has 7 nitrogen and oxygen atoms in total. The summed E-state index contributed by atoms with van der Waals surface area (Å²) in [6, 6.07) is 7.73. The van der Waals surface area contributed by atoms with Crippen LogP contribution in [-0.2, 0) is 14.3 Å². The van der Waals surface area contributed by atoms with E-state index in [4.69, 9.17) is 9.84 Å². The summed E-state index contributed by atoms with van der Waals surface area (Å²) in [6.07, 6.45) is 3.15. The van der Waals surface area contributed by atoms with Gasteiger partial charge in [-0.15, -0.1) is 0 Å². The van der Waals surface area contributed by atoms with Crippen molar-refractivity contribution >= 4 is 18.0 Å². The van der Waals surface area contributed by atoms with Crippen LogP contribution in [-0.4, -0.2) is 35.7 Å². The van der Waals surface area contributed by atoms with Crippen molar-refractivity contribution in [3.63, 3.8) is 0 Å². The summed E-state index contributed by atoms with van der Waals surface area (Å²) >= 11 is 0. The van der Waals surface area contributed by atoms with Crippen molar-refractivity contribution in [3.8, 4) is 0 Å². The molecule has 1 heterocycles. The molecule has 1 aliphatic rings. The van der Waals surface area contributed by atoms with Gasteiger partial charge in [0.1, 0.15) is 12.6 Å². The van der Waals surface area contributed by atoms with E-state index in [1.165, 1.54) is 0 Å². The molecule has 7 heteroatoms. The number of cyclic esters (lactones) is 1. The maximum absolute atomic E-state index is 12.1. The third kappa shape index (κ3) is 5.42. The highest BCUT2D eigenvalue weighted by atomic mass is 16.5. The summed E-state index contributed by atoms with van der Waals surface area (Å²) in [5.41, 5.74) is 0.814. The maximum atomic E-state index is 12.1. The van der Waals surface area contributed by atoms with Crippen LogP contribution in [0.15, 0.2) is 42.5 Å². The molecule has 0 spiro atoms. The van der Waals surface area contributed by atoms with Gasteiger partial charge in [-0.1, -0.05) is 42.5 Å². The van der Waals surface area contributed by atoms with Crippen LogP contribution in [0.4, 0.5) is 4.79 Å². The van der Waals surface area contributed by atoms with Crippen molar-refractivity contribution in [2.75, 3.05) is 6.61 Å². The smallest absolute Gasteiger partial charge is 0.405 e. The fourth-order valence-corrected chi connectivity index (χ4v) is 2.37. The van der Waals surface area contributed by atoms with E-state index in [2.05, 4.69) is 10.6 Å². The Balaban J connectivity index is 2.15. The number of carbonyl (C=O) groups excluding carboxylic acids is 2. The van der Waals surface area contributed by atoms with Gasteiger partial charge in [0.15, 0.2) is 0 Å². The van der Waals surface area contributed by atoms with Gasteiger partial charge >= 0.3 is 12.1 Å². The van der Waals surface area contributed by atoms with Gasteiger partial charge in [0.05, 0.1) is 6.04 Å². The third-order valence-corrected chi connectivity index (χ3v) is 3.59. The second-order valence-electron chi connectivity index (χ2n) is 5.41. The van der Waals surface area contributed by atoms with E-state index in [-0.39, 0.29) is 18.9 Å². The van der Waals surface area contributed by atoms with E-state index in [0.717, 1.165) is 5.56 Å². The molecule has 0 unspecified atom stereocenters. The summed E-state index contributed by atoms with van der Waals surface area (Å²) in [4.78, 5) is 34.9. The molecule has 1 aliphatic heterocycles. The number of nitrogens with one attached hydrogen (secondary N) is 2. The van der Waals surface area contributed by atoms with Crippen molar-refractivity contribution < 1.29 is 24.2 Å². The molecule has 1 aromatic rings. The van der Waals surface area contributed by atoms with Crippen LogP contribution in [0.5, 0.6) is 0 Å². The zero-order valence-electron chi connectivity index (χ0n) is 13.1. The van der Waals surface area contributed by atoms with Crippen molar-refractivity contribution in [1.82, 2.24) is 10.6 Å². The summed E-state index contributed by atoms with van der Waals surface area (Å²) in [7, 11) is 0. The van der Waals surface area contributed by atoms with Gasteiger partial charge in [0.2, 0.25) is 5.91 Å². The zero-order valence-corrected chi connectivity index (χ0v) is 13.1. The number of ether oxygens (including phenoxy) is 1. The molecule has 0 radical (unpaired) electrons. The van der Waals surface area contributed by atoms with Crippen LogP contribution in [0.3, 0.4) is 0 Å². The Labute approximate surface area is 139 Å². The molecule has 3 N–H and O–H groups in total. The molecule has 128 valence electrons. The standard InChI is InChI=1S/C17H20N2O5/c20-15-10-6-2-5-9-13(19-17(22)23)16(21)24-11-14(18-15)12-7-3-1-4-8-12/h1-5,7-8,13-14,19H,6,9-11H2,(H,18,20)(H,22,23)/b5-2+/t13-,14+/m1/s1. The van der Waals surface area contributed by atoms with Crippen LogP contribution in [0, 0.1) is 0 Å². The van der Waals surface area contributed by atoms with E-state index in [9.17, 15) is 14.4 Å². The first-order valence-electron chi connectivity index (χ1n) is 7.71. The van der Waals surface area contributed by atoms with Gasteiger partial charge in [-0.3, -0.25) is 4.79 Å². The highest BCUT2D eigenvalue weighted by molar-refractivity contribution is 5.81. The van der Waals surface area contributed by atoms with E-state index in [1.807, 2.05) is 30.3 Å². The second kappa shape index (κ2) is 8.71. The topological polar surface area (TPSA) is 105 Å². The summed E-state index contributed by atoms with van der Waals surface area (Å²) < 4.78 is 5.23. The number of carbonyl (C=O) groups is 3. The van der Waals surface area contributed by atoms with Crippen LogP contribution < -0.4 is 10.6 Å². The molecular weight excluding hydrogens is 312 g/mol. The van der Waals surface area contributed by atoms with Crippen LogP contribution in [0.25, 0.3) is 0 Å². The molecule has 1 aromatic carbocycles. The molecule has 0 bridgehead atoms. The number of amides is 2. The van der Waals surface area contributed by atoms with Gasteiger partial charge in [0, 0.05) is 6.42 Å². The van der Waals surface area contributed by atoms with Gasteiger partial charge in [-0.25, -0.2) is 9.59 Å². The number of benzene rings is 1. The lowest BCUT2D eigenvalue weighted by atomic mass is 10.1. The van der Waals surface area contributed by atoms with Gasteiger partial charge in [-0.2, -0.15) is 0 Å². The number of rotatable bonds is 2. The molecule has 24 heavy (non-hydrogen) atoms. The number of esters is 1. The summed E-state index contributed by atoms with van der Waals surface area (Å²) in [6.45, 7) is -0.0594. The van der Waals surface area contributed by atoms with Gasteiger partial charge < -0.3 is 20.5 Å². The van der Waals surface area contributed by atoms with E-state index in [0.29, 0.717) is 12.8 Å². The summed E-state index contributed by atoms with van der Waals surface area (Å²) in [5, 5.41) is 13.8. The Morgan fingerprint density at radius 3 is 2.67 bits per heavy atom. The first-order chi connectivity index (χ1) is 11.6. The Bertz CT molecular complexity index is 615. The van der Waals surface area contributed by atoms with Crippen molar-refractivity contribution in [1.29, 1.82) is 0 Å². The highest BCUT2D eigenvalue weighted by Crippen LogP contribution is 2.15. The molecule has 2 rings (SSSR count). The Hall–Kier alpha value is -2.83. The average molecular weight is 332 g/mol. The van der Waals surface area contributed by atoms with Crippen molar-refractivity contribution in [2.24, 2.45) is 0 Å². The first-order valence-corrected chi connectivity index (χ1v) is 7.71. The molecule has 2 amide bonds. The fourth-order valence-electron chi connectivity index (χ4n) is 2.37. The molecule has 2 atom stereocenters. The summed E-state index contributed by atoms with van der Waals surface area (Å²) in [5.74, 6) is -0.803. The average Bonchev–Trinajstić information content (AvgIpc) is 2.56. The molecular formula is C17H20N2O5. The number of hydrogen-bond donors (Lipinski definition) is 3. The van der Waals surface area contributed by atoms with Gasteiger partial charge in [-0.05, 0) is 18.4 Å². The Morgan fingerprint density at radius 1 is 1.21 bits per heavy atom. The van der Waals surface area contributed by atoms with E-state index >= 15 is 0 Å².